The molecule has 0 unspecified atom stereocenters. The lowest BCUT2D eigenvalue weighted by Gasteiger charge is -2.25. The quantitative estimate of drug-likeness (QED) is 0.807. The van der Waals surface area contributed by atoms with E-state index in [-0.39, 0.29) is 0 Å². The molecule has 0 spiro atoms. The van der Waals surface area contributed by atoms with Gasteiger partial charge in [0.15, 0.2) is 0 Å². The minimum atomic E-state index is 0.500. The maximum Gasteiger partial charge on any atom is 0.104 e. The first kappa shape index (κ1) is 12.9. The summed E-state index contributed by atoms with van der Waals surface area (Å²) >= 11 is 5.08. The molecular formula is C16H22N2S. The third kappa shape index (κ3) is 3.27. The van der Waals surface area contributed by atoms with Gasteiger partial charge in [0, 0.05) is 24.3 Å². The number of hydrogen-bond donors (Lipinski definition) is 1. The normalized spacial score (nSPS) is 18.4. The Morgan fingerprint density at radius 2 is 1.79 bits per heavy atom. The highest BCUT2D eigenvalue weighted by Gasteiger charge is 2.29. The first-order chi connectivity index (χ1) is 9.13. The van der Waals surface area contributed by atoms with Crippen LogP contribution >= 0.6 is 12.2 Å². The largest absolute Gasteiger partial charge is 0.389 e. The summed E-state index contributed by atoms with van der Waals surface area (Å²) in [5, 5.41) is 0. The molecule has 0 atom stereocenters. The van der Waals surface area contributed by atoms with E-state index < -0.39 is 0 Å². The van der Waals surface area contributed by atoms with E-state index in [0.717, 1.165) is 17.4 Å². The Balaban J connectivity index is 1.79. The van der Waals surface area contributed by atoms with Crippen LogP contribution in [-0.2, 0) is 0 Å². The number of aryl methyl sites for hydroxylation is 1. The molecule has 2 N–H and O–H groups in total. The van der Waals surface area contributed by atoms with Crippen molar-refractivity contribution >= 4 is 22.9 Å². The second-order valence-electron chi connectivity index (χ2n) is 6.16. The second-order valence-corrected chi connectivity index (χ2v) is 6.60. The van der Waals surface area contributed by atoms with Crippen LogP contribution in [0.4, 0.5) is 5.69 Å². The molecule has 2 aliphatic carbocycles. The summed E-state index contributed by atoms with van der Waals surface area (Å²) in [7, 11) is 0. The summed E-state index contributed by atoms with van der Waals surface area (Å²) in [6.45, 7) is 4.55. The van der Waals surface area contributed by atoms with Crippen LogP contribution in [0.25, 0.3) is 0 Å². The summed E-state index contributed by atoms with van der Waals surface area (Å²) in [5.74, 6) is 1.85. The van der Waals surface area contributed by atoms with E-state index in [1.807, 2.05) is 0 Å². The van der Waals surface area contributed by atoms with Gasteiger partial charge in [-0.3, -0.25) is 0 Å². The molecule has 102 valence electrons. The Bertz CT molecular complexity index is 476. The molecule has 2 saturated carbocycles. The van der Waals surface area contributed by atoms with Crippen LogP contribution in [-0.4, -0.2) is 18.1 Å². The van der Waals surface area contributed by atoms with E-state index in [9.17, 15) is 0 Å². The van der Waals surface area contributed by atoms with E-state index in [0.29, 0.717) is 4.99 Å². The minimum Gasteiger partial charge on any atom is -0.389 e. The van der Waals surface area contributed by atoms with Crippen molar-refractivity contribution in [1.82, 2.24) is 0 Å². The predicted octanol–water partition coefficient (Wildman–Crippen LogP) is 3.26. The summed E-state index contributed by atoms with van der Waals surface area (Å²) in [5.41, 5.74) is 9.29. The fourth-order valence-electron chi connectivity index (χ4n) is 2.63. The summed E-state index contributed by atoms with van der Waals surface area (Å²) in [6, 6.07) is 6.52. The first-order valence-corrected chi connectivity index (χ1v) is 7.69. The Morgan fingerprint density at radius 1 is 1.21 bits per heavy atom. The zero-order chi connectivity index (χ0) is 13.4. The highest BCUT2D eigenvalue weighted by molar-refractivity contribution is 7.80. The van der Waals surface area contributed by atoms with Gasteiger partial charge in [0.1, 0.15) is 4.99 Å². The zero-order valence-corrected chi connectivity index (χ0v) is 12.4. The monoisotopic (exact) mass is 274 g/mol. The van der Waals surface area contributed by atoms with E-state index >= 15 is 0 Å². The molecule has 2 aliphatic rings. The van der Waals surface area contributed by atoms with Gasteiger partial charge in [0.25, 0.3) is 0 Å². The SMILES string of the molecule is Cc1cc(N(CC2CC2)CC2CC2)ccc1C(N)=S. The lowest BCUT2D eigenvalue weighted by molar-refractivity contribution is 0.679. The third-order valence-electron chi connectivity index (χ3n) is 4.19. The molecule has 0 aliphatic heterocycles. The number of thiocarbonyl (C=S) groups is 1. The molecule has 3 heteroatoms. The van der Waals surface area contributed by atoms with Crippen molar-refractivity contribution in [2.75, 3.05) is 18.0 Å². The van der Waals surface area contributed by atoms with Crippen molar-refractivity contribution in [1.29, 1.82) is 0 Å². The molecule has 3 rings (SSSR count). The Morgan fingerprint density at radius 3 is 2.21 bits per heavy atom. The summed E-state index contributed by atoms with van der Waals surface area (Å²) in [6.07, 6.45) is 5.63. The molecular weight excluding hydrogens is 252 g/mol. The predicted molar refractivity (Wildman–Crippen MR) is 84.7 cm³/mol. The van der Waals surface area contributed by atoms with E-state index in [2.05, 4.69) is 30.0 Å². The zero-order valence-electron chi connectivity index (χ0n) is 11.6. The maximum atomic E-state index is 5.74. The number of hydrogen-bond acceptors (Lipinski definition) is 2. The first-order valence-electron chi connectivity index (χ1n) is 7.29. The van der Waals surface area contributed by atoms with Crippen molar-refractivity contribution in [3.8, 4) is 0 Å². The topological polar surface area (TPSA) is 29.3 Å². The molecule has 0 heterocycles. The van der Waals surface area contributed by atoms with E-state index in [1.165, 1.54) is 50.0 Å². The van der Waals surface area contributed by atoms with Crippen molar-refractivity contribution in [2.24, 2.45) is 17.6 Å². The van der Waals surface area contributed by atoms with Gasteiger partial charge in [0.05, 0.1) is 0 Å². The highest BCUT2D eigenvalue weighted by atomic mass is 32.1. The van der Waals surface area contributed by atoms with Crippen molar-refractivity contribution in [3.63, 3.8) is 0 Å². The Labute approximate surface area is 121 Å². The third-order valence-corrected chi connectivity index (χ3v) is 4.41. The van der Waals surface area contributed by atoms with E-state index in [4.69, 9.17) is 18.0 Å². The average molecular weight is 274 g/mol. The Hall–Kier alpha value is -1.09. The van der Waals surface area contributed by atoms with Gasteiger partial charge in [-0.15, -0.1) is 0 Å². The Kier molecular flexibility index (Phi) is 3.48. The smallest absolute Gasteiger partial charge is 0.104 e. The van der Waals surface area contributed by atoms with Gasteiger partial charge in [-0.05, 0) is 68.2 Å². The van der Waals surface area contributed by atoms with Crippen LogP contribution in [0.3, 0.4) is 0 Å². The molecule has 2 nitrogen and oxygen atoms in total. The van der Waals surface area contributed by atoms with Crippen LogP contribution < -0.4 is 10.6 Å². The van der Waals surface area contributed by atoms with Gasteiger partial charge in [-0.2, -0.15) is 0 Å². The standard InChI is InChI=1S/C16H22N2S/c1-11-8-14(6-7-15(11)16(17)19)18(9-12-2-3-12)10-13-4-5-13/h6-8,12-13H,2-5,9-10H2,1H3,(H2,17,19). The summed E-state index contributed by atoms with van der Waals surface area (Å²) in [4.78, 5) is 3.08. The van der Waals surface area contributed by atoms with Gasteiger partial charge in [-0.25, -0.2) is 0 Å². The van der Waals surface area contributed by atoms with Crippen LogP contribution in [0.15, 0.2) is 18.2 Å². The number of benzene rings is 1. The molecule has 1 aromatic rings. The van der Waals surface area contributed by atoms with Crippen LogP contribution in [0.5, 0.6) is 0 Å². The molecule has 1 aromatic carbocycles. The van der Waals surface area contributed by atoms with Gasteiger partial charge in [-0.1, -0.05) is 12.2 Å². The van der Waals surface area contributed by atoms with Gasteiger partial charge >= 0.3 is 0 Å². The molecule has 0 saturated heterocycles. The van der Waals surface area contributed by atoms with Crippen LogP contribution in [0.1, 0.15) is 36.8 Å². The fourth-order valence-corrected chi connectivity index (χ4v) is 2.86. The fraction of sp³-hybridized carbons (Fsp3) is 0.562. The molecule has 19 heavy (non-hydrogen) atoms. The van der Waals surface area contributed by atoms with Gasteiger partial charge in [0.2, 0.25) is 0 Å². The highest BCUT2D eigenvalue weighted by Crippen LogP contribution is 2.36. The van der Waals surface area contributed by atoms with Crippen molar-refractivity contribution in [3.05, 3.63) is 29.3 Å². The van der Waals surface area contributed by atoms with E-state index in [1.54, 1.807) is 0 Å². The lowest BCUT2D eigenvalue weighted by atomic mass is 10.1. The molecule has 0 radical (unpaired) electrons. The van der Waals surface area contributed by atoms with Crippen molar-refractivity contribution in [2.45, 2.75) is 32.6 Å². The second kappa shape index (κ2) is 5.12. The number of anilines is 1. The number of nitrogens with two attached hydrogens (primary N) is 1. The van der Waals surface area contributed by atoms with Crippen LogP contribution in [0.2, 0.25) is 0 Å². The maximum absolute atomic E-state index is 5.74. The lowest BCUT2D eigenvalue weighted by Crippen LogP contribution is -2.28. The number of nitrogens with zero attached hydrogens (tertiary/aromatic N) is 1. The average Bonchev–Trinajstić information content (AvgIpc) is 3.22. The molecule has 0 aromatic heterocycles. The van der Waals surface area contributed by atoms with Gasteiger partial charge < -0.3 is 10.6 Å². The molecule has 0 amide bonds. The summed E-state index contributed by atoms with van der Waals surface area (Å²) < 4.78 is 0. The number of rotatable bonds is 6. The van der Waals surface area contributed by atoms with Crippen LogP contribution in [0, 0.1) is 18.8 Å². The molecule has 2 fully saturated rings. The molecule has 0 bridgehead atoms. The van der Waals surface area contributed by atoms with Crippen molar-refractivity contribution < 1.29 is 0 Å². The minimum absolute atomic E-state index is 0.500.